The van der Waals surface area contributed by atoms with Gasteiger partial charge in [0, 0.05) is 11.1 Å². The molecule has 0 spiro atoms. The molecule has 280 valence electrons. The van der Waals surface area contributed by atoms with Crippen LogP contribution in [0.25, 0.3) is 22.3 Å². The normalized spacial score (nSPS) is 16.4. The molecule has 0 amide bonds. The summed E-state index contributed by atoms with van der Waals surface area (Å²) in [4.78, 5) is 0. The van der Waals surface area contributed by atoms with Crippen LogP contribution in [0.3, 0.4) is 0 Å². The van der Waals surface area contributed by atoms with Crippen LogP contribution in [0.5, 0.6) is 0 Å². The molecule has 2 aliphatic carbocycles. The molecule has 0 aliphatic heterocycles. The number of hydrogen-bond donors (Lipinski definition) is 0. The minimum Gasteiger partial charge on any atom is -0.207 e. The first kappa shape index (κ1) is 40.6. The van der Waals surface area contributed by atoms with Crippen LogP contribution in [0, 0.1) is 41.3 Å². The fourth-order valence-corrected chi connectivity index (χ4v) is 7.38. The summed E-state index contributed by atoms with van der Waals surface area (Å²) in [7, 11) is 0. The molecular weight excluding hydrogens is 656 g/mol. The van der Waals surface area contributed by atoms with Crippen LogP contribution in [0.15, 0.2) is 120 Å². The molecule has 0 heterocycles. The maximum absolute atomic E-state index is 13.0. The van der Waals surface area contributed by atoms with E-state index < -0.39 is 0 Å². The number of unbranched alkanes of at least 4 members (excludes halogenated alkanes) is 5. The smallest absolute Gasteiger partial charge is 0.123 e. The van der Waals surface area contributed by atoms with Gasteiger partial charge in [-0.1, -0.05) is 169 Å². The van der Waals surface area contributed by atoms with E-state index in [0.717, 1.165) is 46.9 Å². The molecule has 0 saturated heterocycles. The lowest BCUT2D eigenvalue weighted by atomic mass is 9.86. The Hall–Kier alpha value is -4.59. The van der Waals surface area contributed by atoms with Crippen molar-refractivity contribution >= 4 is 0 Å². The molecule has 2 aliphatic rings. The molecule has 0 bridgehead atoms. The van der Waals surface area contributed by atoms with E-state index in [1.54, 1.807) is 12.1 Å². The van der Waals surface area contributed by atoms with Crippen molar-refractivity contribution in [2.24, 2.45) is 11.8 Å². The highest BCUT2D eigenvalue weighted by molar-refractivity contribution is 5.65. The van der Waals surface area contributed by atoms with E-state index in [2.05, 4.69) is 105 Å². The summed E-state index contributed by atoms with van der Waals surface area (Å²) in [6.45, 7) is 6.81. The van der Waals surface area contributed by atoms with Gasteiger partial charge in [0.25, 0.3) is 0 Å². The largest absolute Gasteiger partial charge is 0.207 e. The first-order valence-corrected chi connectivity index (χ1v) is 21.0. The van der Waals surface area contributed by atoms with Gasteiger partial charge in [0.15, 0.2) is 0 Å². The van der Waals surface area contributed by atoms with Crippen molar-refractivity contribution in [1.82, 2.24) is 0 Å². The number of hydrogen-bond acceptors (Lipinski definition) is 0. The lowest BCUT2D eigenvalue weighted by Crippen LogP contribution is -2.05. The van der Waals surface area contributed by atoms with Gasteiger partial charge in [-0.15, -0.1) is 0 Å². The highest BCUT2D eigenvalue weighted by atomic mass is 19.1. The Balaban J connectivity index is 0.000000217. The van der Waals surface area contributed by atoms with Gasteiger partial charge in [-0.3, -0.25) is 0 Å². The highest BCUT2D eigenvalue weighted by Crippen LogP contribution is 2.28. The van der Waals surface area contributed by atoms with Crippen LogP contribution in [0.2, 0.25) is 0 Å². The Kier molecular flexibility index (Phi) is 17.0. The fourth-order valence-electron chi connectivity index (χ4n) is 7.38. The molecule has 6 rings (SSSR count). The van der Waals surface area contributed by atoms with E-state index >= 15 is 0 Å². The Morgan fingerprint density at radius 1 is 0.500 bits per heavy atom. The summed E-state index contributed by atoms with van der Waals surface area (Å²) in [5, 5.41) is 0. The molecule has 0 nitrogen and oxygen atoms in total. The third-order valence-electron chi connectivity index (χ3n) is 11.1. The van der Waals surface area contributed by atoms with Gasteiger partial charge in [-0.25, -0.2) is 4.39 Å². The van der Waals surface area contributed by atoms with E-state index in [-0.39, 0.29) is 5.82 Å². The average Bonchev–Trinajstić information content (AvgIpc) is 3.23. The van der Waals surface area contributed by atoms with Crippen molar-refractivity contribution in [2.45, 2.75) is 124 Å². The third kappa shape index (κ3) is 13.7. The molecule has 0 radical (unpaired) electrons. The molecule has 1 heteroatoms. The van der Waals surface area contributed by atoms with Crippen molar-refractivity contribution in [3.05, 3.63) is 143 Å². The second-order valence-electron chi connectivity index (χ2n) is 15.3. The molecular formula is C53H61F. The Morgan fingerprint density at radius 2 is 0.963 bits per heavy atom. The van der Waals surface area contributed by atoms with Gasteiger partial charge < -0.3 is 0 Å². The van der Waals surface area contributed by atoms with Crippen molar-refractivity contribution in [3.8, 4) is 45.9 Å². The third-order valence-corrected chi connectivity index (χ3v) is 11.1. The van der Waals surface area contributed by atoms with E-state index in [0.29, 0.717) is 0 Å². The molecule has 0 aromatic heterocycles. The molecule has 0 fully saturated rings. The zero-order valence-corrected chi connectivity index (χ0v) is 33.2. The van der Waals surface area contributed by atoms with Gasteiger partial charge in [0.1, 0.15) is 5.82 Å². The van der Waals surface area contributed by atoms with E-state index in [1.807, 2.05) is 24.3 Å². The fraction of sp³-hybridized carbons (Fsp3) is 0.396. The number of aryl methyl sites for hydroxylation is 1. The molecule has 0 N–H and O–H groups in total. The standard InChI is InChI=1S/C31H40.C22H21F/c1-3-5-7-9-11-26-12-14-28(15-13-26)16-17-29-20-24-31(25-21-29)30-22-18-27(19-23-30)10-8-6-4-2;1-2-17-3-5-18(6-4-17)7-8-19-9-11-20(12-10-19)21-13-15-22(23)16-14-21/h14,18-26H,3-13,15H2,1-2H3;5,9-17H,2-4,6H2,1H3. The van der Waals surface area contributed by atoms with E-state index in [1.165, 1.54) is 130 Å². The Labute approximate surface area is 327 Å². The minimum atomic E-state index is -0.206. The summed E-state index contributed by atoms with van der Waals surface area (Å²) in [6.07, 6.45) is 25.2. The van der Waals surface area contributed by atoms with Crippen LogP contribution in [-0.2, 0) is 6.42 Å². The Morgan fingerprint density at radius 3 is 1.43 bits per heavy atom. The van der Waals surface area contributed by atoms with Crippen LogP contribution < -0.4 is 0 Å². The number of rotatable bonds is 12. The molecule has 2 atom stereocenters. The van der Waals surface area contributed by atoms with Gasteiger partial charge in [0.05, 0.1) is 0 Å². The highest BCUT2D eigenvalue weighted by Gasteiger charge is 2.13. The maximum atomic E-state index is 13.0. The lowest BCUT2D eigenvalue weighted by molar-refractivity contribution is 0.417. The average molecular weight is 717 g/mol. The molecule has 4 aromatic carbocycles. The molecule has 0 saturated carbocycles. The van der Waals surface area contributed by atoms with Crippen LogP contribution in [0.1, 0.15) is 134 Å². The Bertz CT molecular complexity index is 1880. The minimum absolute atomic E-state index is 0.206. The first-order valence-electron chi connectivity index (χ1n) is 21.0. The summed E-state index contributed by atoms with van der Waals surface area (Å²) >= 11 is 0. The van der Waals surface area contributed by atoms with Gasteiger partial charge in [-0.2, -0.15) is 0 Å². The predicted molar refractivity (Wildman–Crippen MR) is 231 cm³/mol. The van der Waals surface area contributed by atoms with Crippen molar-refractivity contribution < 1.29 is 4.39 Å². The summed E-state index contributed by atoms with van der Waals surface area (Å²) < 4.78 is 13.0. The summed E-state index contributed by atoms with van der Waals surface area (Å²) in [6, 6.07) is 32.5. The lowest BCUT2D eigenvalue weighted by Gasteiger charge is -2.19. The zero-order chi connectivity index (χ0) is 37.8. The quantitative estimate of drug-likeness (QED) is 0.101. The maximum Gasteiger partial charge on any atom is 0.123 e. The SMILES string of the molecule is CCC1CC=C(C#Cc2ccc(-c3ccc(F)cc3)cc2)CC1.CCCCCCC1CC=C(C#Cc2ccc(-c3ccc(CCCCC)cc3)cc2)CC1. The first-order chi connectivity index (χ1) is 26.5. The summed E-state index contributed by atoms with van der Waals surface area (Å²) in [5.74, 6) is 14.9. The number of halogens is 1. The topological polar surface area (TPSA) is 0 Å². The summed E-state index contributed by atoms with van der Waals surface area (Å²) in [5.41, 5.74) is 10.9. The van der Waals surface area contributed by atoms with Gasteiger partial charge in [0.2, 0.25) is 0 Å². The predicted octanol–water partition coefficient (Wildman–Crippen LogP) is 15.1. The second kappa shape index (κ2) is 22.6. The van der Waals surface area contributed by atoms with Crippen molar-refractivity contribution in [1.29, 1.82) is 0 Å². The van der Waals surface area contributed by atoms with E-state index in [4.69, 9.17) is 0 Å². The second-order valence-corrected chi connectivity index (χ2v) is 15.3. The van der Waals surface area contributed by atoms with Gasteiger partial charge in [-0.05, 0) is 139 Å². The number of allylic oxidation sites excluding steroid dienone is 4. The van der Waals surface area contributed by atoms with Gasteiger partial charge >= 0.3 is 0 Å². The zero-order valence-electron chi connectivity index (χ0n) is 33.2. The number of benzene rings is 4. The monoisotopic (exact) mass is 716 g/mol. The van der Waals surface area contributed by atoms with Crippen LogP contribution >= 0.6 is 0 Å². The molecule has 54 heavy (non-hydrogen) atoms. The molecule has 2 unspecified atom stereocenters. The molecule has 4 aromatic rings. The van der Waals surface area contributed by atoms with E-state index in [9.17, 15) is 4.39 Å². The van der Waals surface area contributed by atoms with Crippen LogP contribution in [-0.4, -0.2) is 0 Å². The van der Waals surface area contributed by atoms with Crippen molar-refractivity contribution in [2.75, 3.05) is 0 Å². The van der Waals surface area contributed by atoms with Crippen LogP contribution in [0.4, 0.5) is 4.39 Å². The van der Waals surface area contributed by atoms with Crippen molar-refractivity contribution in [3.63, 3.8) is 0 Å².